The maximum Gasteiger partial charge on any atom is 0.410 e. The summed E-state index contributed by atoms with van der Waals surface area (Å²) in [5, 5.41) is 0. The Bertz CT molecular complexity index is 1390. The molecule has 3 heterocycles. The van der Waals surface area contributed by atoms with Crippen molar-refractivity contribution in [2.45, 2.75) is 52.2 Å². The van der Waals surface area contributed by atoms with Gasteiger partial charge in [0.2, 0.25) is 0 Å². The molecule has 5 rings (SSSR count). The van der Waals surface area contributed by atoms with E-state index in [1.807, 2.05) is 33.8 Å². The highest BCUT2D eigenvalue weighted by atomic mass is 32.2. The molecule has 1 aliphatic carbocycles. The van der Waals surface area contributed by atoms with Crippen molar-refractivity contribution in [2.75, 3.05) is 48.4 Å². The molecule has 1 saturated heterocycles. The zero-order valence-electron chi connectivity index (χ0n) is 22.9. The van der Waals surface area contributed by atoms with Gasteiger partial charge in [-0.15, -0.1) is 0 Å². The molecule has 0 spiro atoms. The van der Waals surface area contributed by atoms with Crippen molar-refractivity contribution in [2.24, 2.45) is 5.92 Å². The standard InChI is InChI=1S/C27H35F2N5O4S/c1-18-6-7-19(16-32-10-12-33(13-11-32)25(35)38-26(2,3)4)14-21(18)22-8-9-23-24(30-22)31(5)39(36,37)34(23)17-20-15-27(20,28)29/h6-9,14,20H,10-13,15-17H2,1-5H3. The predicted molar refractivity (Wildman–Crippen MR) is 145 cm³/mol. The fourth-order valence-electron chi connectivity index (χ4n) is 4.98. The average Bonchev–Trinajstić information content (AvgIpc) is 3.42. The number of piperazine rings is 1. The number of carbonyl (C=O) groups is 1. The van der Waals surface area contributed by atoms with E-state index in [4.69, 9.17) is 4.74 Å². The van der Waals surface area contributed by atoms with Gasteiger partial charge in [-0.05, 0) is 57.0 Å². The summed E-state index contributed by atoms with van der Waals surface area (Å²) >= 11 is 0. The van der Waals surface area contributed by atoms with Crippen molar-refractivity contribution in [1.29, 1.82) is 0 Å². The van der Waals surface area contributed by atoms with Gasteiger partial charge in [0, 0.05) is 64.2 Å². The number of hydrogen-bond donors (Lipinski definition) is 0. The lowest BCUT2D eigenvalue weighted by atomic mass is 10.0. The highest BCUT2D eigenvalue weighted by Crippen LogP contribution is 2.51. The number of halogens is 2. The number of anilines is 2. The van der Waals surface area contributed by atoms with Crippen LogP contribution in [-0.4, -0.2) is 80.6 Å². The summed E-state index contributed by atoms with van der Waals surface area (Å²) in [6, 6.07) is 9.52. The van der Waals surface area contributed by atoms with E-state index >= 15 is 0 Å². The zero-order valence-corrected chi connectivity index (χ0v) is 23.8. The van der Waals surface area contributed by atoms with Crippen molar-refractivity contribution in [3.05, 3.63) is 41.5 Å². The Morgan fingerprint density at radius 2 is 1.79 bits per heavy atom. The van der Waals surface area contributed by atoms with Crippen LogP contribution in [0.3, 0.4) is 0 Å². The smallest absolute Gasteiger partial charge is 0.410 e. The topological polar surface area (TPSA) is 86.3 Å². The Balaban J connectivity index is 1.30. The van der Waals surface area contributed by atoms with Gasteiger partial charge in [0.25, 0.3) is 5.92 Å². The molecule has 2 fully saturated rings. The number of benzene rings is 1. The Morgan fingerprint density at radius 3 is 2.41 bits per heavy atom. The van der Waals surface area contributed by atoms with Crippen LogP contribution in [0.5, 0.6) is 0 Å². The van der Waals surface area contributed by atoms with E-state index in [1.54, 1.807) is 17.0 Å². The van der Waals surface area contributed by atoms with Crippen LogP contribution in [0.25, 0.3) is 11.3 Å². The van der Waals surface area contributed by atoms with E-state index in [1.165, 1.54) is 7.05 Å². The Kier molecular flexibility index (Phi) is 6.77. The van der Waals surface area contributed by atoms with E-state index in [0.29, 0.717) is 31.0 Å². The predicted octanol–water partition coefficient (Wildman–Crippen LogP) is 4.27. The van der Waals surface area contributed by atoms with Gasteiger partial charge in [-0.3, -0.25) is 4.90 Å². The first kappa shape index (κ1) is 27.6. The first-order valence-electron chi connectivity index (χ1n) is 13.1. The molecule has 1 saturated carbocycles. The molecule has 9 nitrogen and oxygen atoms in total. The molecular formula is C27H35F2N5O4S. The number of alkyl halides is 2. The SMILES string of the molecule is Cc1ccc(CN2CCN(C(=O)OC(C)(C)C)CC2)cc1-c1ccc2c(n1)N(C)S(=O)(=O)N2CC1CC1(F)F. The molecule has 0 bridgehead atoms. The molecule has 12 heteroatoms. The highest BCUT2D eigenvalue weighted by molar-refractivity contribution is 7.94. The van der Waals surface area contributed by atoms with E-state index in [2.05, 4.69) is 22.0 Å². The number of carbonyl (C=O) groups excluding carboxylic acids is 1. The summed E-state index contributed by atoms with van der Waals surface area (Å²) in [6.07, 6.45) is -0.593. The van der Waals surface area contributed by atoms with Crippen molar-refractivity contribution >= 4 is 27.8 Å². The van der Waals surface area contributed by atoms with E-state index < -0.39 is 27.7 Å². The number of ether oxygens (including phenoxy) is 1. The summed E-state index contributed by atoms with van der Waals surface area (Å²) in [5.41, 5.74) is 3.34. The Labute approximate surface area is 228 Å². The second kappa shape index (κ2) is 9.58. The molecule has 1 unspecified atom stereocenters. The second-order valence-electron chi connectivity index (χ2n) is 11.6. The lowest BCUT2D eigenvalue weighted by molar-refractivity contribution is 0.0139. The number of fused-ring (bicyclic) bond motifs is 1. The first-order valence-corrected chi connectivity index (χ1v) is 14.5. The number of aryl methyl sites for hydroxylation is 1. The van der Waals surface area contributed by atoms with Crippen LogP contribution in [0.1, 0.15) is 38.3 Å². The van der Waals surface area contributed by atoms with Crippen LogP contribution in [-0.2, 0) is 21.5 Å². The van der Waals surface area contributed by atoms with Crippen molar-refractivity contribution < 1.29 is 26.7 Å². The monoisotopic (exact) mass is 563 g/mol. The highest BCUT2D eigenvalue weighted by Gasteiger charge is 2.59. The van der Waals surface area contributed by atoms with Gasteiger partial charge in [0.15, 0.2) is 5.82 Å². The van der Waals surface area contributed by atoms with Gasteiger partial charge in [0.1, 0.15) is 5.60 Å². The first-order chi connectivity index (χ1) is 18.2. The Morgan fingerprint density at radius 1 is 1.13 bits per heavy atom. The molecule has 39 heavy (non-hydrogen) atoms. The van der Waals surface area contributed by atoms with E-state index in [0.717, 1.165) is 38.4 Å². The third-order valence-corrected chi connectivity index (χ3v) is 9.16. The maximum atomic E-state index is 13.5. The number of aromatic nitrogens is 1. The van der Waals surface area contributed by atoms with Gasteiger partial charge < -0.3 is 9.64 Å². The summed E-state index contributed by atoms with van der Waals surface area (Å²) in [7, 11) is -2.56. The van der Waals surface area contributed by atoms with Crippen molar-refractivity contribution in [1.82, 2.24) is 14.8 Å². The second-order valence-corrected chi connectivity index (χ2v) is 13.5. The van der Waals surface area contributed by atoms with Crippen LogP contribution in [0.2, 0.25) is 0 Å². The Hall–Kier alpha value is -2.99. The van der Waals surface area contributed by atoms with Crippen LogP contribution in [0, 0.1) is 12.8 Å². The normalized spacial score (nSPS) is 22.1. The van der Waals surface area contributed by atoms with Crippen LogP contribution >= 0.6 is 0 Å². The van der Waals surface area contributed by atoms with Crippen LogP contribution in [0.4, 0.5) is 25.1 Å². The van der Waals surface area contributed by atoms with Gasteiger partial charge in [0.05, 0.1) is 11.4 Å². The lowest BCUT2D eigenvalue weighted by Gasteiger charge is -2.35. The average molecular weight is 564 g/mol. The van der Waals surface area contributed by atoms with Crippen molar-refractivity contribution in [3.8, 4) is 11.3 Å². The number of pyridine rings is 1. The van der Waals surface area contributed by atoms with Gasteiger partial charge in [-0.2, -0.15) is 8.42 Å². The molecule has 0 radical (unpaired) electrons. The van der Waals surface area contributed by atoms with E-state index in [-0.39, 0.29) is 24.9 Å². The van der Waals surface area contributed by atoms with Gasteiger partial charge >= 0.3 is 16.3 Å². The maximum absolute atomic E-state index is 13.5. The molecule has 3 aliphatic rings. The number of rotatable bonds is 5. The molecule has 2 aromatic rings. The summed E-state index contributed by atoms with van der Waals surface area (Å²) in [6.45, 7) is 10.6. The zero-order chi connectivity index (χ0) is 28.3. The number of amides is 1. The fraction of sp³-hybridized carbons (Fsp3) is 0.556. The molecule has 2 aliphatic heterocycles. The van der Waals surface area contributed by atoms with Gasteiger partial charge in [-0.25, -0.2) is 27.2 Å². The largest absolute Gasteiger partial charge is 0.444 e. The molecule has 1 aromatic heterocycles. The van der Waals surface area contributed by atoms with Crippen LogP contribution in [0.15, 0.2) is 30.3 Å². The number of hydrogen-bond acceptors (Lipinski definition) is 6. The molecule has 1 atom stereocenters. The molecular weight excluding hydrogens is 528 g/mol. The van der Waals surface area contributed by atoms with Crippen LogP contribution < -0.4 is 8.61 Å². The third-order valence-electron chi connectivity index (χ3n) is 7.40. The summed E-state index contributed by atoms with van der Waals surface area (Å²) in [5.74, 6) is -3.56. The molecule has 0 N–H and O–H groups in total. The van der Waals surface area contributed by atoms with E-state index in [9.17, 15) is 22.0 Å². The fourth-order valence-corrected chi connectivity index (χ4v) is 6.38. The minimum atomic E-state index is -3.96. The minimum absolute atomic E-state index is 0.236. The quantitative estimate of drug-likeness (QED) is 0.540. The lowest BCUT2D eigenvalue weighted by Crippen LogP contribution is -2.49. The summed E-state index contributed by atoms with van der Waals surface area (Å²) < 4.78 is 60.6. The minimum Gasteiger partial charge on any atom is -0.444 e. The third kappa shape index (κ3) is 5.54. The van der Waals surface area contributed by atoms with Gasteiger partial charge in [-0.1, -0.05) is 12.1 Å². The molecule has 1 amide bonds. The molecule has 212 valence electrons. The molecule has 1 aromatic carbocycles. The number of nitrogens with zero attached hydrogens (tertiary/aromatic N) is 5. The van der Waals surface area contributed by atoms with Crippen molar-refractivity contribution in [3.63, 3.8) is 0 Å². The summed E-state index contributed by atoms with van der Waals surface area (Å²) in [4.78, 5) is 21.0.